The van der Waals surface area contributed by atoms with E-state index in [0.717, 1.165) is 42.6 Å². The summed E-state index contributed by atoms with van der Waals surface area (Å²) in [4.78, 5) is 11.9. The molecule has 2 aromatic carbocycles. The Balaban J connectivity index is 1.73. The summed E-state index contributed by atoms with van der Waals surface area (Å²) in [6.07, 6.45) is 4.63. The van der Waals surface area contributed by atoms with Gasteiger partial charge in [-0.25, -0.2) is 4.79 Å². The van der Waals surface area contributed by atoms with Gasteiger partial charge in [-0.2, -0.15) is 15.8 Å². The second kappa shape index (κ2) is 13.4. The molecule has 0 aliphatic rings. The van der Waals surface area contributed by atoms with Crippen LogP contribution in [-0.4, -0.2) is 19.2 Å². The van der Waals surface area contributed by atoms with Gasteiger partial charge < -0.3 is 9.47 Å². The number of hydrogen-bond acceptors (Lipinski definition) is 6. The van der Waals surface area contributed by atoms with Crippen LogP contribution in [0.2, 0.25) is 0 Å². The van der Waals surface area contributed by atoms with E-state index >= 15 is 0 Å². The number of carbonyl (C=O) groups excluding carboxylic acids is 1. The van der Waals surface area contributed by atoms with E-state index in [4.69, 9.17) is 25.3 Å². The molecular formula is C25H25N3O3. The Bertz CT molecular complexity index is 934. The van der Waals surface area contributed by atoms with Crippen molar-refractivity contribution in [1.82, 2.24) is 0 Å². The average Bonchev–Trinajstić information content (AvgIpc) is 2.81. The van der Waals surface area contributed by atoms with Gasteiger partial charge in [0.15, 0.2) is 0 Å². The summed E-state index contributed by atoms with van der Waals surface area (Å²) in [5, 5.41) is 26.0. The number of nitrogens with zero attached hydrogens (tertiary/aromatic N) is 3. The van der Waals surface area contributed by atoms with Gasteiger partial charge in [-0.15, -0.1) is 0 Å². The van der Waals surface area contributed by atoms with E-state index in [0.29, 0.717) is 18.6 Å². The van der Waals surface area contributed by atoms with Crippen LogP contribution in [0.3, 0.4) is 0 Å². The molecule has 31 heavy (non-hydrogen) atoms. The Kier molecular flexibility index (Phi) is 10.1. The number of carbonyl (C=O) groups is 1. The Morgan fingerprint density at radius 2 is 1.42 bits per heavy atom. The third kappa shape index (κ3) is 8.21. The second-order valence-electron chi connectivity index (χ2n) is 7.01. The van der Waals surface area contributed by atoms with Crippen molar-refractivity contribution < 1.29 is 14.3 Å². The fourth-order valence-corrected chi connectivity index (χ4v) is 2.97. The van der Waals surface area contributed by atoms with E-state index in [1.54, 1.807) is 12.1 Å². The van der Waals surface area contributed by atoms with Crippen LogP contribution >= 0.6 is 0 Å². The van der Waals surface area contributed by atoms with Crippen LogP contribution in [0.1, 0.15) is 48.9 Å². The van der Waals surface area contributed by atoms with Gasteiger partial charge >= 0.3 is 5.97 Å². The predicted molar refractivity (Wildman–Crippen MR) is 116 cm³/mol. The maximum absolute atomic E-state index is 11.9. The smallest absolute Gasteiger partial charge is 0.338 e. The molecule has 0 saturated heterocycles. The quantitative estimate of drug-likeness (QED) is 0.338. The van der Waals surface area contributed by atoms with E-state index in [9.17, 15) is 4.79 Å². The lowest BCUT2D eigenvalue weighted by atomic mass is 10.0. The van der Waals surface area contributed by atoms with Crippen LogP contribution in [0.4, 0.5) is 0 Å². The van der Waals surface area contributed by atoms with Crippen LogP contribution < -0.4 is 4.74 Å². The molecular weight excluding hydrogens is 390 g/mol. The first-order valence-corrected chi connectivity index (χ1v) is 10.3. The molecule has 6 heteroatoms. The number of benzene rings is 2. The zero-order valence-electron chi connectivity index (χ0n) is 17.4. The van der Waals surface area contributed by atoms with Gasteiger partial charge in [0, 0.05) is 0 Å². The van der Waals surface area contributed by atoms with Crippen LogP contribution in [-0.2, 0) is 4.74 Å². The highest BCUT2D eigenvalue weighted by Crippen LogP contribution is 2.23. The SMILES string of the molecule is N#CCCOC(=O)c1ccc(-c2ccc(OCCCCCCC(C#N)C#N)cc2)cc1. The van der Waals surface area contributed by atoms with Gasteiger partial charge in [0.1, 0.15) is 18.3 Å². The molecule has 158 valence electrons. The van der Waals surface area contributed by atoms with Crippen molar-refractivity contribution >= 4 is 5.97 Å². The third-order valence-electron chi connectivity index (χ3n) is 4.72. The van der Waals surface area contributed by atoms with Gasteiger partial charge in [0.25, 0.3) is 0 Å². The van der Waals surface area contributed by atoms with E-state index in [1.807, 2.05) is 54.6 Å². The minimum Gasteiger partial charge on any atom is -0.494 e. The maximum atomic E-state index is 11.9. The lowest BCUT2D eigenvalue weighted by Gasteiger charge is -2.08. The van der Waals surface area contributed by atoms with Crippen molar-refractivity contribution in [2.24, 2.45) is 5.92 Å². The summed E-state index contributed by atoms with van der Waals surface area (Å²) in [5.74, 6) is -0.120. The van der Waals surface area contributed by atoms with Crippen molar-refractivity contribution in [3.05, 3.63) is 54.1 Å². The molecule has 2 rings (SSSR count). The molecule has 0 saturated carbocycles. The molecule has 0 radical (unpaired) electrons. The van der Waals surface area contributed by atoms with Crippen LogP contribution in [0.25, 0.3) is 11.1 Å². The number of nitriles is 3. The Hall–Kier alpha value is -3.82. The number of hydrogen-bond donors (Lipinski definition) is 0. The first-order chi connectivity index (χ1) is 15.2. The lowest BCUT2D eigenvalue weighted by Crippen LogP contribution is -2.05. The predicted octanol–water partition coefficient (Wildman–Crippen LogP) is 5.42. The summed E-state index contributed by atoms with van der Waals surface area (Å²) < 4.78 is 10.8. The van der Waals surface area contributed by atoms with Crippen molar-refractivity contribution in [2.75, 3.05) is 13.2 Å². The number of esters is 1. The Morgan fingerprint density at radius 1 is 0.806 bits per heavy atom. The fraction of sp³-hybridized carbons (Fsp3) is 0.360. The van der Waals surface area contributed by atoms with E-state index in [1.165, 1.54) is 0 Å². The molecule has 0 amide bonds. The third-order valence-corrected chi connectivity index (χ3v) is 4.72. The molecule has 0 aromatic heterocycles. The van der Waals surface area contributed by atoms with Gasteiger partial charge in [0.05, 0.1) is 36.8 Å². The Labute approximate surface area is 183 Å². The van der Waals surface area contributed by atoms with Crippen molar-refractivity contribution in [3.63, 3.8) is 0 Å². The molecule has 0 spiro atoms. The molecule has 0 bridgehead atoms. The highest BCUT2D eigenvalue weighted by molar-refractivity contribution is 5.90. The van der Waals surface area contributed by atoms with Gasteiger partial charge in [-0.05, 0) is 48.2 Å². The van der Waals surface area contributed by atoms with Gasteiger partial charge in [-0.1, -0.05) is 43.5 Å². The monoisotopic (exact) mass is 415 g/mol. The van der Waals surface area contributed by atoms with E-state index in [-0.39, 0.29) is 13.0 Å². The standard InChI is InChI=1S/C25H25N3O3/c26-15-5-17-31-25(29)23-9-7-21(8-10-23)22-11-13-24(14-12-22)30-16-4-2-1-3-6-20(18-27)19-28/h7-14,20H,1-6,16-17H2. The van der Waals surface area contributed by atoms with Crippen LogP contribution in [0.5, 0.6) is 5.75 Å². The number of unbranched alkanes of at least 4 members (excludes halogenated alkanes) is 3. The topological polar surface area (TPSA) is 107 Å². The highest BCUT2D eigenvalue weighted by Gasteiger charge is 2.07. The lowest BCUT2D eigenvalue weighted by molar-refractivity contribution is 0.0513. The number of rotatable bonds is 12. The second-order valence-corrected chi connectivity index (χ2v) is 7.01. The zero-order chi connectivity index (χ0) is 22.3. The zero-order valence-corrected chi connectivity index (χ0v) is 17.4. The molecule has 2 aromatic rings. The molecule has 0 aliphatic carbocycles. The molecule has 0 unspecified atom stereocenters. The normalized spacial score (nSPS) is 10.0. The van der Waals surface area contributed by atoms with Crippen LogP contribution in [0.15, 0.2) is 48.5 Å². The number of ether oxygens (including phenoxy) is 2. The molecule has 0 aliphatic heterocycles. The Morgan fingerprint density at radius 3 is 2.03 bits per heavy atom. The minimum atomic E-state index is -0.491. The molecule has 0 atom stereocenters. The van der Waals surface area contributed by atoms with E-state index in [2.05, 4.69) is 0 Å². The summed E-state index contributed by atoms with van der Waals surface area (Å²) in [6.45, 7) is 0.725. The fourth-order valence-electron chi connectivity index (χ4n) is 2.97. The summed E-state index contributed by atoms with van der Waals surface area (Å²) in [7, 11) is 0. The molecule has 0 fully saturated rings. The summed E-state index contributed by atoms with van der Waals surface area (Å²) in [5.41, 5.74) is 2.45. The van der Waals surface area contributed by atoms with Gasteiger partial charge in [0.2, 0.25) is 0 Å². The molecule has 6 nitrogen and oxygen atoms in total. The first kappa shape index (κ1) is 23.5. The molecule has 0 N–H and O–H groups in total. The van der Waals surface area contributed by atoms with Crippen molar-refractivity contribution in [2.45, 2.75) is 38.5 Å². The summed E-state index contributed by atoms with van der Waals surface area (Å²) >= 11 is 0. The maximum Gasteiger partial charge on any atom is 0.338 e. The summed E-state index contributed by atoms with van der Waals surface area (Å²) in [6, 6.07) is 20.9. The van der Waals surface area contributed by atoms with Crippen molar-refractivity contribution in [3.8, 4) is 35.1 Å². The van der Waals surface area contributed by atoms with Crippen LogP contribution in [0, 0.1) is 39.9 Å². The highest BCUT2D eigenvalue weighted by atomic mass is 16.5. The average molecular weight is 415 g/mol. The van der Waals surface area contributed by atoms with Crippen molar-refractivity contribution in [1.29, 1.82) is 15.8 Å². The van der Waals surface area contributed by atoms with E-state index < -0.39 is 11.9 Å². The largest absolute Gasteiger partial charge is 0.494 e. The minimum absolute atomic E-state index is 0.0986. The van der Waals surface area contributed by atoms with Gasteiger partial charge in [-0.3, -0.25) is 0 Å². The molecule has 0 heterocycles. The first-order valence-electron chi connectivity index (χ1n) is 10.3.